The van der Waals surface area contributed by atoms with E-state index < -0.39 is 14.3 Å². The number of hydrogen-bond donors (Lipinski definition) is 0. The van der Waals surface area contributed by atoms with Crippen LogP contribution in [0, 0.1) is 12.8 Å². The van der Waals surface area contributed by atoms with E-state index in [4.69, 9.17) is 9.16 Å². The molecule has 3 heterocycles. The van der Waals surface area contributed by atoms with Crippen LogP contribution < -0.4 is 0 Å². The molecule has 176 valence electrons. The van der Waals surface area contributed by atoms with Gasteiger partial charge in [-0.15, -0.1) is 0 Å². The van der Waals surface area contributed by atoms with Crippen molar-refractivity contribution in [2.45, 2.75) is 84.8 Å². The van der Waals surface area contributed by atoms with E-state index in [0.717, 1.165) is 23.5 Å². The third-order valence-corrected chi connectivity index (χ3v) is 11.7. The highest BCUT2D eigenvalue weighted by Gasteiger charge is 2.58. The van der Waals surface area contributed by atoms with E-state index in [0.29, 0.717) is 12.1 Å². The molecule has 32 heavy (non-hydrogen) atoms. The van der Waals surface area contributed by atoms with Crippen molar-refractivity contribution < 1.29 is 18.8 Å². The summed E-state index contributed by atoms with van der Waals surface area (Å²) in [5.41, 5.74) is 2.84. The first-order valence-corrected chi connectivity index (χ1v) is 14.3. The Hall–Kier alpha value is -2.19. The van der Waals surface area contributed by atoms with Gasteiger partial charge in [-0.25, -0.2) is 4.79 Å². The Bertz CT molecular complexity index is 957. The van der Waals surface area contributed by atoms with Crippen molar-refractivity contribution in [1.29, 1.82) is 0 Å². The molecule has 3 rings (SSSR count). The van der Waals surface area contributed by atoms with Crippen LogP contribution in [0.1, 0.15) is 52.4 Å². The lowest BCUT2D eigenvalue weighted by Crippen LogP contribution is -2.63. The lowest BCUT2D eigenvalue weighted by Gasteiger charge is -2.48. The van der Waals surface area contributed by atoms with Gasteiger partial charge >= 0.3 is 5.97 Å². The topological polar surface area (TPSA) is 73.7 Å². The summed E-state index contributed by atoms with van der Waals surface area (Å²) >= 11 is 0. The Morgan fingerprint density at radius 1 is 1.41 bits per heavy atom. The van der Waals surface area contributed by atoms with E-state index in [-0.39, 0.29) is 35.6 Å². The number of aryl methyl sites for hydroxylation is 2. The largest absolute Gasteiger partial charge is 0.457 e. The van der Waals surface area contributed by atoms with Crippen molar-refractivity contribution in [3.05, 3.63) is 35.8 Å². The van der Waals surface area contributed by atoms with Crippen LogP contribution in [-0.4, -0.2) is 53.6 Å². The van der Waals surface area contributed by atoms with Crippen LogP contribution in [0.2, 0.25) is 18.1 Å². The number of rotatable bonds is 8. The van der Waals surface area contributed by atoms with Crippen molar-refractivity contribution in [1.82, 2.24) is 14.7 Å². The molecule has 0 unspecified atom stereocenters. The van der Waals surface area contributed by atoms with Gasteiger partial charge in [0, 0.05) is 17.8 Å². The average Bonchev–Trinajstić information content (AvgIpc) is 3.22. The lowest BCUT2D eigenvalue weighted by atomic mass is 9.83. The van der Waals surface area contributed by atoms with Gasteiger partial charge in [0.05, 0.1) is 23.8 Å². The first-order valence-electron chi connectivity index (χ1n) is 11.4. The third kappa shape index (κ3) is 4.10. The van der Waals surface area contributed by atoms with E-state index >= 15 is 0 Å². The van der Waals surface area contributed by atoms with Crippen LogP contribution in [0.15, 0.2) is 24.4 Å². The molecule has 1 fully saturated rings. The fourth-order valence-electron chi connectivity index (χ4n) is 4.37. The van der Waals surface area contributed by atoms with E-state index in [9.17, 15) is 9.59 Å². The molecule has 1 aromatic rings. The van der Waals surface area contributed by atoms with Gasteiger partial charge in [-0.1, -0.05) is 33.4 Å². The van der Waals surface area contributed by atoms with Crippen LogP contribution in [-0.2, 0) is 25.3 Å². The number of aromatic nitrogens is 2. The number of ether oxygens (including phenoxy) is 1. The van der Waals surface area contributed by atoms with E-state index in [2.05, 4.69) is 45.5 Å². The number of β-lactam (4-membered cyclic amide) rings is 1. The van der Waals surface area contributed by atoms with Gasteiger partial charge in [0.25, 0.3) is 0 Å². The molecule has 1 saturated heterocycles. The predicted molar refractivity (Wildman–Crippen MR) is 127 cm³/mol. The maximum absolute atomic E-state index is 13.3. The number of fused-ring (bicyclic) bond motifs is 1. The van der Waals surface area contributed by atoms with Crippen LogP contribution in [0.25, 0.3) is 5.57 Å². The van der Waals surface area contributed by atoms with Gasteiger partial charge in [0.2, 0.25) is 5.91 Å². The molecule has 1 aromatic heterocycles. The minimum atomic E-state index is -2.04. The Balaban J connectivity index is 1.91. The molecule has 1 amide bonds. The van der Waals surface area contributed by atoms with E-state index in [1.165, 1.54) is 6.08 Å². The zero-order valence-electron chi connectivity index (χ0n) is 20.7. The molecule has 0 radical (unpaired) electrons. The average molecular weight is 460 g/mol. The standard InChI is InChI=1S/C24H37N3O4Si/c1-10-12-30-23(29)21-17(18-13-15(3)26(11-2)25-18)14-19-20(22(28)27(19)21)16(4)31-32(8,9)24(5,6)7/h10,13,16,19-20H,1,11-12,14H2,2-9H3/t16-,19-,20+/m1/s1. The van der Waals surface area contributed by atoms with Crippen molar-refractivity contribution >= 4 is 25.8 Å². The quantitative estimate of drug-likeness (QED) is 0.251. The summed E-state index contributed by atoms with van der Waals surface area (Å²) in [5.74, 6) is -0.859. The normalized spacial score (nSPS) is 22.0. The summed E-state index contributed by atoms with van der Waals surface area (Å²) in [4.78, 5) is 27.8. The maximum Gasteiger partial charge on any atom is 0.355 e. The molecular formula is C24H37N3O4Si. The molecule has 2 aliphatic rings. The smallest absolute Gasteiger partial charge is 0.355 e. The number of hydrogen-bond acceptors (Lipinski definition) is 5. The van der Waals surface area contributed by atoms with Gasteiger partial charge in [-0.3, -0.25) is 9.48 Å². The van der Waals surface area contributed by atoms with Crippen LogP contribution in [0.4, 0.5) is 0 Å². The van der Waals surface area contributed by atoms with Gasteiger partial charge in [-0.05, 0) is 51.4 Å². The van der Waals surface area contributed by atoms with E-state index in [1.807, 2.05) is 31.5 Å². The van der Waals surface area contributed by atoms with Crippen molar-refractivity contribution in [2.75, 3.05) is 6.61 Å². The highest BCUT2D eigenvalue weighted by atomic mass is 28.4. The number of esters is 1. The second-order valence-corrected chi connectivity index (χ2v) is 15.0. The number of carbonyl (C=O) groups excluding carboxylic acids is 2. The Labute approximate surface area is 192 Å². The molecule has 0 aromatic carbocycles. The van der Waals surface area contributed by atoms with E-state index in [1.54, 1.807) is 4.90 Å². The second-order valence-electron chi connectivity index (χ2n) is 10.3. The fourth-order valence-corrected chi connectivity index (χ4v) is 5.80. The molecule has 0 aliphatic carbocycles. The summed E-state index contributed by atoms with van der Waals surface area (Å²) in [6, 6.07) is 1.86. The zero-order valence-corrected chi connectivity index (χ0v) is 21.7. The Morgan fingerprint density at radius 2 is 2.06 bits per heavy atom. The predicted octanol–water partition coefficient (Wildman–Crippen LogP) is 4.29. The van der Waals surface area contributed by atoms with Gasteiger partial charge in [0.1, 0.15) is 12.3 Å². The highest BCUT2D eigenvalue weighted by molar-refractivity contribution is 6.74. The van der Waals surface area contributed by atoms with Crippen molar-refractivity contribution in [3.8, 4) is 0 Å². The Kier molecular flexibility index (Phi) is 6.59. The number of amides is 1. The first kappa shape index (κ1) is 24.4. The highest BCUT2D eigenvalue weighted by Crippen LogP contribution is 2.48. The first-order chi connectivity index (χ1) is 14.8. The molecule has 3 atom stereocenters. The summed E-state index contributed by atoms with van der Waals surface area (Å²) in [6.45, 7) is 21.4. The SMILES string of the molecule is C=CCOC(=O)C1=C(c2cc(C)n(CC)n2)C[C@@H]2[C@H]([C@@H](C)O[Si](C)(C)C(C)(C)C)C(=O)N12. The van der Waals surface area contributed by atoms with Gasteiger partial charge < -0.3 is 14.1 Å². The molecule has 0 bridgehead atoms. The molecule has 8 heteroatoms. The summed E-state index contributed by atoms with van der Waals surface area (Å²) in [7, 11) is -2.04. The van der Waals surface area contributed by atoms with Crippen LogP contribution >= 0.6 is 0 Å². The molecule has 7 nitrogen and oxygen atoms in total. The molecular weight excluding hydrogens is 422 g/mol. The number of carbonyl (C=O) groups is 2. The summed E-state index contributed by atoms with van der Waals surface area (Å²) in [5, 5.41) is 4.73. The summed E-state index contributed by atoms with van der Waals surface area (Å²) in [6.07, 6.45) is 1.88. The van der Waals surface area contributed by atoms with Crippen LogP contribution in [0.5, 0.6) is 0 Å². The summed E-state index contributed by atoms with van der Waals surface area (Å²) < 4.78 is 13.8. The van der Waals surface area contributed by atoms with Crippen molar-refractivity contribution in [3.63, 3.8) is 0 Å². The Morgan fingerprint density at radius 3 is 2.59 bits per heavy atom. The minimum Gasteiger partial charge on any atom is -0.457 e. The third-order valence-electron chi connectivity index (χ3n) is 7.12. The minimum absolute atomic E-state index is 0.0526. The van der Waals surface area contributed by atoms with Gasteiger partial charge in [0.15, 0.2) is 8.32 Å². The molecule has 0 N–H and O–H groups in total. The molecule has 0 saturated carbocycles. The van der Waals surface area contributed by atoms with Crippen molar-refractivity contribution in [2.24, 2.45) is 5.92 Å². The van der Waals surface area contributed by atoms with Crippen LogP contribution in [0.3, 0.4) is 0 Å². The maximum atomic E-state index is 13.3. The zero-order chi connectivity index (χ0) is 24.0. The fraction of sp³-hybridized carbons (Fsp3) is 0.625. The second kappa shape index (κ2) is 8.63. The number of nitrogens with zero attached hydrogens (tertiary/aromatic N) is 3. The van der Waals surface area contributed by atoms with Gasteiger partial charge in [-0.2, -0.15) is 5.10 Å². The molecule has 0 spiro atoms. The molecule has 2 aliphatic heterocycles. The lowest BCUT2D eigenvalue weighted by molar-refractivity contribution is -0.161. The monoisotopic (exact) mass is 459 g/mol.